The first-order chi connectivity index (χ1) is 1.73. The molecule has 2 N–H and O–H groups in total. The van der Waals surface area contributed by atoms with Crippen molar-refractivity contribution in [3.8, 4) is 0 Å². The molecule has 0 heterocycles. The standard InChI is InChI=1S/Mg.H2O3S.Pb.4H/c;1-4(2)3;;;;;/h;(H2,1,2,3);;;;;. The first-order valence-electron chi connectivity index (χ1n) is 0.532. The zero-order valence-corrected chi connectivity index (χ0v) is 8.73. The fraction of sp³-hybridized carbons (Fsp3) is 0. The molecule has 0 spiro atoms. The third kappa shape index (κ3) is 42.2. The summed E-state index contributed by atoms with van der Waals surface area (Å²) in [6.07, 6.45) is 0. The zero-order chi connectivity index (χ0) is 3.58. The van der Waals surface area contributed by atoms with Crippen molar-refractivity contribution in [2.75, 3.05) is 0 Å². The number of hydrogen-bond donors (Lipinski definition) is 2. The summed E-state index contributed by atoms with van der Waals surface area (Å²) < 4.78 is 22.8. The predicted octanol–water partition coefficient (Wildman–Crippen LogP) is -2.15. The van der Waals surface area contributed by atoms with Gasteiger partial charge in [0.15, 0.2) is 0 Å². The summed E-state index contributed by atoms with van der Waals surface area (Å²) >= 11 is -2.61. The third-order valence-electron chi connectivity index (χ3n) is 0. The minimum atomic E-state index is -2.61. The molecule has 0 saturated heterocycles. The van der Waals surface area contributed by atoms with Gasteiger partial charge in [-0.3, -0.25) is 9.11 Å². The van der Waals surface area contributed by atoms with Crippen LogP contribution < -0.4 is 0 Å². The summed E-state index contributed by atoms with van der Waals surface area (Å²) in [6, 6.07) is 0. The molecule has 3 nitrogen and oxygen atoms in total. The molecule has 0 aliphatic heterocycles. The van der Waals surface area contributed by atoms with Crippen molar-refractivity contribution in [2.24, 2.45) is 0 Å². The van der Waals surface area contributed by atoms with Gasteiger partial charge in [-0.2, -0.15) is 4.21 Å². The molecule has 0 rings (SSSR count). The third-order valence-corrected chi connectivity index (χ3v) is 0. The molecule has 0 aromatic carbocycles. The molecule has 6 heteroatoms. The van der Waals surface area contributed by atoms with Crippen molar-refractivity contribution >= 4 is 61.7 Å². The molecule has 6 heavy (non-hydrogen) atoms. The molecule has 36 valence electrons. The van der Waals surface area contributed by atoms with Crippen molar-refractivity contribution in [2.45, 2.75) is 0 Å². The van der Waals surface area contributed by atoms with E-state index in [9.17, 15) is 0 Å². The average molecular weight is 318 g/mol. The maximum absolute atomic E-state index is 8.67. The van der Waals surface area contributed by atoms with Crippen LogP contribution in [0.5, 0.6) is 0 Å². The fourth-order valence-electron chi connectivity index (χ4n) is 0. The molecular weight excluding hydrogens is 312 g/mol. The van der Waals surface area contributed by atoms with E-state index in [0.717, 1.165) is 0 Å². The van der Waals surface area contributed by atoms with Crippen LogP contribution in [0.1, 0.15) is 0 Å². The van der Waals surface area contributed by atoms with Gasteiger partial charge >= 0.3 is 50.4 Å². The normalized spacial score (nSPS) is 5.83. The topological polar surface area (TPSA) is 57.5 Å². The number of rotatable bonds is 0. The Labute approximate surface area is 74.3 Å². The molecule has 0 aromatic heterocycles. The number of hydrogen-bond acceptors (Lipinski definition) is 1. The van der Waals surface area contributed by atoms with E-state index < -0.39 is 11.4 Å². The second-order valence-electron chi connectivity index (χ2n) is 0.231. The van der Waals surface area contributed by atoms with Gasteiger partial charge in [0.2, 0.25) is 0 Å². The Balaban J connectivity index is -0.0000000450. The zero-order valence-electron chi connectivity index (χ0n) is 2.42. The second kappa shape index (κ2) is 9.90. The molecule has 0 unspecified atom stereocenters. The van der Waals surface area contributed by atoms with Crippen LogP contribution in [0.3, 0.4) is 0 Å². The Kier molecular flexibility index (Phi) is 25.8. The van der Waals surface area contributed by atoms with Gasteiger partial charge in [-0.15, -0.1) is 0 Å². The van der Waals surface area contributed by atoms with E-state index >= 15 is 0 Å². The van der Waals surface area contributed by atoms with E-state index in [2.05, 4.69) is 0 Å². The molecule has 0 aromatic rings. The van der Waals surface area contributed by atoms with Gasteiger partial charge in [0.25, 0.3) is 11.4 Å². The first-order valence-corrected chi connectivity index (χ1v) is 1.60. The van der Waals surface area contributed by atoms with E-state index in [0.29, 0.717) is 0 Å². The van der Waals surface area contributed by atoms with E-state index in [1.54, 1.807) is 0 Å². The SMILES string of the molecule is O=S(O)O.[MgH2].[PbH2]. The van der Waals surface area contributed by atoms with Crippen molar-refractivity contribution < 1.29 is 13.3 Å². The van der Waals surface area contributed by atoms with Gasteiger partial charge in [0.05, 0.1) is 0 Å². The molecule has 0 aliphatic carbocycles. The molecule has 0 atom stereocenters. The monoisotopic (exact) mass is 318 g/mol. The summed E-state index contributed by atoms with van der Waals surface area (Å²) in [7, 11) is 0. The Morgan fingerprint density at radius 3 is 1.33 bits per heavy atom. The predicted molar refractivity (Wildman–Crippen MR) is 30.5 cm³/mol. The average Bonchev–Trinajstić information content (AvgIpc) is 0.811. The van der Waals surface area contributed by atoms with Gasteiger partial charge < -0.3 is 0 Å². The van der Waals surface area contributed by atoms with E-state index in [1.807, 2.05) is 0 Å². The van der Waals surface area contributed by atoms with Gasteiger partial charge in [-0.1, -0.05) is 0 Å². The van der Waals surface area contributed by atoms with E-state index in [-0.39, 0.29) is 50.4 Å². The molecular formula is H6MgO3PbS. The molecule has 0 aliphatic rings. The second-order valence-corrected chi connectivity index (χ2v) is 0.692. The summed E-state index contributed by atoms with van der Waals surface area (Å²) in [4.78, 5) is 0. The molecule has 0 amide bonds. The minimum absolute atomic E-state index is 0. The van der Waals surface area contributed by atoms with Gasteiger partial charge in [0.1, 0.15) is 0 Å². The van der Waals surface area contributed by atoms with Crippen LogP contribution in [-0.2, 0) is 11.4 Å². The van der Waals surface area contributed by atoms with Crippen LogP contribution in [0.25, 0.3) is 0 Å². The summed E-state index contributed by atoms with van der Waals surface area (Å²) in [5.74, 6) is 0. The van der Waals surface area contributed by atoms with Gasteiger partial charge in [0, 0.05) is 0 Å². The maximum atomic E-state index is 8.67. The Bertz CT molecular complexity index is 33.8. The van der Waals surface area contributed by atoms with Crippen molar-refractivity contribution in [3.63, 3.8) is 0 Å². The van der Waals surface area contributed by atoms with Gasteiger partial charge in [-0.05, 0) is 0 Å². The molecule has 0 fully saturated rings. The van der Waals surface area contributed by atoms with Crippen LogP contribution in [0, 0.1) is 0 Å². The molecule has 0 saturated carbocycles. The van der Waals surface area contributed by atoms with E-state index in [4.69, 9.17) is 13.3 Å². The van der Waals surface area contributed by atoms with E-state index in [1.165, 1.54) is 0 Å². The van der Waals surface area contributed by atoms with Crippen molar-refractivity contribution in [1.29, 1.82) is 0 Å². The Morgan fingerprint density at radius 1 is 1.33 bits per heavy atom. The van der Waals surface area contributed by atoms with Gasteiger partial charge in [-0.25, -0.2) is 0 Å². The summed E-state index contributed by atoms with van der Waals surface area (Å²) in [5, 5.41) is 0. The quantitative estimate of drug-likeness (QED) is 0.396. The first kappa shape index (κ1) is 15.7. The van der Waals surface area contributed by atoms with Crippen molar-refractivity contribution in [3.05, 3.63) is 0 Å². The van der Waals surface area contributed by atoms with Crippen LogP contribution in [-0.4, -0.2) is 63.7 Å². The van der Waals surface area contributed by atoms with Crippen molar-refractivity contribution in [1.82, 2.24) is 0 Å². The van der Waals surface area contributed by atoms with Crippen LogP contribution in [0.15, 0.2) is 0 Å². The summed E-state index contributed by atoms with van der Waals surface area (Å²) in [5.41, 5.74) is 0. The van der Waals surface area contributed by atoms with Crippen LogP contribution >= 0.6 is 0 Å². The Hall–Kier alpha value is 1.76. The van der Waals surface area contributed by atoms with Crippen LogP contribution in [0.4, 0.5) is 0 Å². The molecule has 0 bridgehead atoms. The fourth-order valence-corrected chi connectivity index (χ4v) is 0. The molecule has 2 radical (unpaired) electrons. The summed E-state index contributed by atoms with van der Waals surface area (Å²) in [6.45, 7) is 0. The Morgan fingerprint density at radius 2 is 1.33 bits per heavy atom. The van der Waals surface area contributed by atoms with Crippen LogP contribution in [0.2, 0.25) is 0 Å².